The molecule has 0 aliphatic carbocycles. The third-order valence-electron chi connectivity index (χ3n) is 5.14. The molecule has 0 radical (unpaired) electrons. The first-order valence-electron chi connectivity index (χ1n) is 9.50. The Labute approximate surface area is 188 Å². The van der Waals surface area contributed by atoms with Crippen molar-refractivity contribution < 1.29 is 28.6 Å². The van der Waals surface area contributed by atoms with Gasteiger partial charge in [-0.2, -0.15) is 0 Å². The Morgan fingerprint density at radius 2 is 1.77 bits per heavy atom. The molecule has 3 rings (SSSR count). The topological polar surface area (TPSA) is 94.2 Å². The Balaban J connectivity index is 1.83. The molecule has 1 aliphatic heterocycles. The van der Waals surface area contributed by atoms with Gasteiger partial charge in [0.2, 0.25) is 11.8 Å². The van der Waals surface area contributed by atoms with Crippen molar-refractivity contribution in [2.24, 2.45) is 5.92 Å². The normalized spacial score (nSPS) is 15.6. The Morgan fingerprint density at radius 3 is 2.39 bits per heavy atom. The molecule has 8 nitrogen and oxygen atoms in total. The Morgan fingerprint density at radius 1 is 1.10 bits per heavy atom. The summed E-state index contributed by atoms with van der Waals surface area (Å²) < 4.78 is 16.3. The number of nitrogens with one attached hydrogen (secondary N) is 1. The summed E-state index contributed by atoms with van der Waals surface area (Å²) >= 11 is 3.45. The monoisotopic (exact) mass is 490 g/mol. The zero-order chi connectivity index (χ0) is 22.7. The van der Waals surface area contributed by atoms with Gasteiger partial charge in [0, 0.05) is 35.3 Å². The number of halogens is 1. The SMILES string of the molecule is COC(=O)c1cc(OC)c(OC)cc1NC(=O)C1CC(=O)N(c2ccc(Br)c(C)c2)C1. The van der Waals surface area contributed by atoms with E-state index < -0.39 is 11.9 Å². The Bertz CT molecular complexity index is 1040. The van der Waals surface area contributed by atoms with Gasteiger partial charge in [-0.25, -0.2) is 4.79 Å². The van der Waals surface area contributed by atoms with Gasteiger partial charge in [-0.15, -0.1) is 0 Å². The third-order valence-corrected chi connectivity index (χ3v) is 6.03. The lowest BCUT2D eigenvalue weighted by atomic mass is 10.1. The molecule has 164 valence electrons. The second kappa shape index (κ2) is 9.38. The van der Waals surface area contributed by atoms with Gasteiger partial charge in [-0.3, -0.25) is 9.59 Å². The van der Waals surface area contributed by atoms with E-state index in [1.807, 2.05) is 25.1 Å². The van der Waals surface area contributed by atoms with Crippen LogP contribution in [0.5, 0.6) is 11.5 Å². The molecule has 0 bridgehead atoms. The fraction of sp³-hybridized carbons (Fsp3) is 0.318. The quantitative estimate of drug-likeness (QED) is 0.622. The number of rotatable bonds is 6. The summed E-state index contributed by atoms with van der Waals surface area (Å²) in [6.45, 7) is 2.18. The summed E-state index contributed by atoms with van der Waals surface area (Å²) in [5.74, 6) is -1.04. The predicted octanol–water partition coefficient (Wildman–Crippen LogP) is 3.55. The fourth-order valence-corrected chi connectivity index (χ4v) is 3.67. The van der Waals surface area contributed by atoms with Crippen LogP contribution in [0.15, 0.2) is 34.8 Å². The molecule has 0 saturated carbocycles. The molecule has 1 fully saturated rings. The van der Waals surface area contributed by atoms with Crippen molar-refractivity contribution in [3.8, 4) is 11.5 Å². The number of anilines is 2. The van der Waals surface area contributed by atoms with Crippen molar-refractivity contribution in [1.29, 1.82) is 0 Å². The number of methoxy groups -OCH3 is 3. The van der Waals surface area contributed by atoms with Crippen LogP contribution >= 0.6 is 15.9 Å². The summed E-state index contributed by atoms with van der Waals surface area (Å²) in [5.41, 5.74) is 2.08. The van der Waals surface area contributed by atoms with Crippen LogP contribution in [0.4, 0.5) is 11.4 Å². The second-order valence-electron chi connectivity index (χ2n) is 7.07. The molecule has 9 heteroatoms. The predicted molar refractivity (Wildman–Crippen MR) is 119 cm³/mol. The van der Waals surface area contributed by atoms with E-state index in [1.54, 1.807) is 4.90 Å². The van der Waals surface area contributed by atoms with Crippen molar-refractivity contribution in [3.05, 3.63) is 45.9 Å². The molecular formula is C22H23BrN2O6. The number of esters is 1. The number of hydrogen-bond donors (Lipinski definition) is 1. The van der Waals surface area contributed by atoms with Crippen LogP contribution in [0.25, 0.3) is 0 Å². The first-order chi connectivity index (χ1) is 14.8. The molecule has 2 aromatic rings. The summed E-state index contributed by atoms with van der Waals surface area (Å²) in [6, 6.07) is 8.54. The van der Waals surface area contributed by atoms with Crippen LogP contribution in [-0.4, -0.2) is 45.7 Å². The van der Waals surface area contributed by atoms with Crippen molar-refractivity contribution in [2.45, 2.75) is 13.3 Å². The van der Waals surface area contributed by atoms with Gasteiger partial charge < -0.3 is 24.4 Å². The Hall–Kier alpha value is -3.07. The number of aryl methyl sites for hydroxylation is 1. The lowest BCUT2D eigenvalue weighted by Crippen LogP contribution is -2.28. The second-order valence-corrected chi connectivity index (χ2v) is 7.93. The number of ether oxygens (including phenoxy) is 3. The first kappa shape index (κ1) is 22.6. The van der Waals surface area contributed by atoms with Crippen LogP contribution in [0, 0.1) is 12.8 Å². The molecule has 0 spiro atoms. The molecule has 1 aliphatic rings. The highest BCUT2D eigenvalue weighted by Gasteiger charge is 2.36. The van der Waals surface area contributed by atoms with Gasteiger partial charge in [-0.05, 0) is 30.7 Å². The number of amides is 2. The van der Waals surface area contributed by atoms with Gasteiger partial charge in [0.05, 0.1) is 38.5 Å². The maximum Gasteiger partial charge on any atom is 0.340 e. The van der Waals surface area contributed by atoms with Crippen LogP contribution in [0.1, 0.15) is 22.3 Å². The van der Waals surface area contributed by atoms with E-state index >= 15 is 0 Å². The average Bonchev–Trinajstić information content (AvgIpc) is 3.16. The van der Waals surface area contributed by atoms with Gasteiger partial charge >= 0.3 is 5.97 Å². The third kappa shape index (κ3) is 4.66. The average molecular weight is 491 g/mol. The largest absolute Gasteiger partial charge is 0.493 e. The maximum atomic E-state index is 13.0. The summed E-state index contributed by atoms with van der Waals surface area (Å²) in [6.07, 6.45) is 0.0712. The van der Waals surface area contributed by atoms with E-state index in [-0.39, 0.29) is 36.0 Å². The highest BCUT2D eigenvalue weighted by molar-refractivity contribution is 9.10. The van der Waals surface area contributed by atoms with Gasteiger partial charge in [0.15, 0.2) is 11.5 Å². The summed E-state index contributed by atoms with van der Waals surface area (Å²) in [7, 11) is 4.15. The van der Waals surface area contributed by atoms with E-state index in [9.17, 15) is 14.4 Å². The van der Waals surface area contributed by atoms with Crippen LogP contribution in [0.3, 0.4) is 0 Å². The lowest BCUT2D eigenvalue weighted by molar-refractivity contribution is -0.122. The summed E-state index contributed by atoms with van der Waals surface area (Å²) in [4.78, 5) is 39.3. The lowest BCUT2D eigenvalue weighted by Gasteiger charge is -2.18. The maximum absolute atomic E-state index is 13.0. The number of carbonyl (C=O) groups excluding carboxylic acids is 3. The summed E-state index contributed by atoms with van der Waals surface area (Å²) in [5, 5.41) is 2.75. The number of benzene rings is 2. The Kier molecular flexibility index (Phi) is 6.84. The zero-order valence-corrected chi connectivity index (χ0v) is 19.2. The van der Waals surface area contributed by atoms with Crippen molar-refractivity contribution in [3.63, 3.8) is 0 Å². The molecule has 1 unspecified atom stereocenters. The van der Waals surface area contributed by atoms with E-state index in [0.717, 1.165) is 15.7 Å². The van der Waals surface area contributed by atoms with E-state index in [0.29, 0.717) is 11.5 Å². The molecule has 1 N–H and O–H groups in total. The number of carbonyl (C=O) groups is 3. The minimum Gasteiger partial charge on any atom is -0.493 e. The minimum atomic E-state index is -0.634. The highest BCUT2D eigenvalue weighted by Crippen LogP contribution is 2.35. The smallest absolute Gasteiger partial charge is 0.340 e. The molecule has 31 heavy (non-hydrogen) atoms. The van der Waals surface area contributed by atoms with E-state index in [2.05, 4.69) is 21.2 Å². The van der Waals surface area contributed by atoms with Gasteiger partial charge in [0.25, 0.3) is 0 Å². The van der Waals surface area contributed by atoms with E-state index in [1.165, 1.54) is 33.5 Å². The van der Waals surface area contributed by atoms with E-state index in [4.69, 9.17) is 14.2 Å². The molecule has 1 atom stereocenters. The van der Waals surface area contributed by atoms with Crippen molar-refractivity contribution >= 4 is 45.1 Å². The standard InChI is InChI=1S/C22H23BrN2O6/c1-12-7-14(5-6-16(12)23)25-11-13(8-20(25)26)21(27)24-17-10-19(30-3)18(29-2)9-15(17)22(28)31-4/h5-7,9-10,13H,8,11H2,1-4H3,(H,24,27). The number of hydrogen-bond acceptors (Lipinski definition) is 6. The molecule has 2 aromatic carbocycles. The molecule has 0 aromatic heterocycles. The van der Waals surface area contributed by atoms with Crippen molar-refractivity contribution in [2.75, 3.05) is 38.1 Å². The van der Waals surface area contributed by atoms with Crippen LogP contribution < -0.4 is 19.7 Å². The zero-order valence-electron chi connectivity index (χ0n) is 17.7. The first-order valence-corrected chi connectivity index (χ1v) is 10.3. The van der Waals surface area contributed by atoms with Crippen LogP contribution in [-0.2, 0) is 14.3 Å². The van der Waals surface area contributed by atoms with Crippen LogP contribution in [0.2, 0.25) is 0 Å². The molecular weight excluding hydrogens is 468 g/mol. The van der Waals surface area contributed by atoms with Gasteiger partial charge in [0.1, 0.15) is 0 Å². The highest BCUT2D eigenvalue weighted by atomic mass is 79.9. The molecule has 1 saturated heterocycles. The van der Waals surface area contributed by atoms with Gasteiger partial charge in [-0.1, -0.05) is 15.9 Å². The minimum absolute atomic E-state index is 0.0712. The fourth-order valence-electron chi connectivity index (χ4n) is 3.43. The number of nitrogens with zero attached hydrogens (tertiary/aromatic N) is 1. The van der Waals surface area contributed by atoms with Crippen molar-refractivity contribution in [1.82, 2.24) is 0 Å². The molecule has 2 amide bonds. The molecule has 1 heterocycles.